The van der Waals surface area contributed by atoms with Crippen LogP contribution in [0.3, 0.4) is 0 Å². The summed E-state index contributed by atoms with van der Waals surface area (Å²) in [7, 11) is 0. The zero-order valence-electron chi connectivity index (χ0n) is 10.5. The molecule has 2 aromatic heterocycles. The van der Waals surface area contributed by atoms with Crippen LogP contribution < -0.4 is 10.6 Å². The number of pyridine rings is 1. The third kappa shape index (κ3) is 2.76. The first-order chi connectivity index (χ1) is 9.24. The molecule has 0 bridgehead atoms. The van der Waals surface area contributed by atoms with Gasteiger partial charge < -0.3 is 10.6 Å². The summed E-state index contributed by atoms with van der Waals surface area (Å²) in [6.45, 7) is 0.911. The monoisotopic (exact) mass is 272 g/mol. The summed E-state index contributed by atoms with van der Waals surface area (Å²) in [5.74, 6) is 1.04. The van der Waals surface area contributed by atoms with Crippen LogP contribution >= 0.6 is 11.3 Å². The predicted molar refractivity (Wildman–Crippen MR) is 78.8 cm³/mol. The maximum atomic E-state index is 7.39. The van der Waals surface area contributed by atoms with Crippen LogP contribution in [0.25, 0.3) is 0 Å². The Labute approximate surface area is 116 Å². The number of hydrogen-bond donors (Lipinski definition) is 2. The van der Waals surface area contributed by atoms with Crippen LogP contribution in [0.4, 0.5) is 5.82 Å². The van der Waals surface area contributed by atoms with Gasteiger partial charge in [-0.1, -0.05) is 6.07 Å². The van der Waals surface area contributed by atoms with Crippen molar-refractivity contribution in [2.24, 2.45) is 5.73 Å². The van der Waals surface area contributed by atoms with E-state index >= 15 is 0 Å². The van der Waals surface area contributed by atoms with Gasteiger partial charge in [-0.2, -0.15) is 0 Å². The number of amidine groups is 1. The van der Waals surface area contributed by atoms with Gasteiger partial charge in [-0.05, 0) is 36.4 Å². The number of nitrogens with two attached hydrogens (primary N) is 1. The number of nitrogen functional groups attached to an aromatic ring is 1. The second kappa shape index (κ2) is 5.01. The molecular formula is C14H16N4S. The van der Waals surface area contributed by atoms with Crippen LogP contribution in [0.2, 0.25) is 0 Å². The topological polar surface area (TPSA) is 66.0 Å². The molecule has 4 nitrogen and oxygen atoms in total. The average Bonchev–Trinajstić information content (AvgIpc) is 3.13. The number of nitrogens with one attached hydrogen (secondary N) is 1. The highest BCUT2D eigenvalue weighted by molar-refractivity contribution is 7.09. The molecule has 0 aromatic carbocycles. The molecule has 0 aliphatic heterocycles. The van der Waals surface area contributed by atoms with Crippen LogP contribution in [-0.2, 0) is 6.54 Å². The van der Waals surface area contributed by atoms with E-state index in [1.807, 2.05) is 12.1 Å². The fourth-order valence-electron chi connectivity index (χ4n) is 2.07. The Bertz CT molecular complexity index is 558. The Morgan fingerprint density at radius 3 is 2.79 bits per heavy atom. The van der Waals surface area contributed by atoms with Gasteiger partial charge in [0.15, 0.2) is 0 Å². The van der Waals surface area contributed by atoms with E-state index in [9.17, 15) is 0 Å². The third-order valence-electron chi connectivity index (χ3n) is 3.25. The standard InChI is InChI=1S/C14H16N4S/c15-14(16)10-3-6-13(17-8-10)18(11-4-5-11)9-12-2-1-7-19-12/h1-3,6-8,11H,4-5,9H2,(H3,15,16). The van der Waals surface area contributed by atoms with E-state index in [0.717, 1.165) is 12.4 Å². The van der Waals surface area contributed by atoms with Crippen molar-refractivity contribution in [3.8, 4) is 0 Å². The van der Waals surface area contributed by atoms with E-state index in [-0.39, 0.29) is 5.84 Å². The van der Waals surface area contributed by atoms with E-state index in [1.54, 1.807) is 17.5 Å². The van der Waals surface area contributed by atoms with Crippen molar-refractivity contribution >= 4 is 23.0 Å². The van der Waals surface area contributed by atoms with E-state index in [1.165, 1.54) is 17.7 Å². The molecule has 1 aliphatic carbocycles. The zero-order valence-corrected chi connectivity index (χ0v) is 11.4. The molecule has 98 valence electrons. The Hall–Kier alpha value is -1.88. The van der Waals surface area contributed by atoms with Gasteiger partial charge in [0.25, 0.3) is 0 Å². The summed E-state index contributed by atoms with van der Waals surface area (Å²) in [6.07, 6.45) is 4.16. The number of rotatable bonds is 5. The Morgan fingerprint density at radius 1 is 1.42 bits per heavy atom. The molecular weight excluding hydrogens is 256 g/mol. The van der Waals surface area contributed by atoms with Gasteiger partial charge in [-0.3, -0.25) is 5.41 Å². The van der Waals surface area contributed by atoms with Crippen molar-refractivity contribution in [3.63, 3.8) is 0 Å². The van der Waals surface area contributed by atoms with Gasteiger partial charge >= 0.3 is 0 Å². The normalized spacial score (nSPS) is 14.3. The second-order valence-electron chi connectivity index (χ2n) is 4.76. The largest absolute Gasteiger partial charge is 0.384 e. The summed E-state index contributed by atoms with van der Waals surface area (Å²) in [4.78, 5) is 8.15. The van der Waals surface area contributed by atoms with Gasteiger partial charge in [0.05, 0.1) is 6.54 Å². The minimum Gasteiger partial charge on any atom is -0.384 e. The number of anilines is 1. The number of thiophene rings is 1. The first-order valence-electron chi connectivity index (χ1n) is 6.33. The smallest absolute Gasteiger partial charge is 0.129 e. The molecule has 5 heteroatoms. The maximum absolute atomic E-state index is 7.39. The molecule has 0 unspecified atom stereocenters. The molecule has 0 radical (unpaired) electrons. The van der Waals surface area contributed by atoms with Crippen molar-refractivity contribution < 1.29 is 0 Å². The fourth-order valence-corrected chi connectivity index (χ4v) is 2.77. The lowest BCUT2D eigenvalue weighted by Crippen LogP contribution is -2.25. The highest BCUT2D eigenvalue weighted by Gasteiger charge is 2.30. The number of nitrogens with zero attached hydrogens (tertiary/aromatic N) is 2. The molecule has 0 atom stereocenters. The quantitative estimate of drug-likeness (QED) is 0.649. The molecule has 3 N–H and O–H groups in total. The fraction of sp³-hybridized carbons (Fsp3) is 0.286. The third-order valence-corrected chi connectivity index (χ3v) is 4.11. The Balaban J connectivity index is 1.81. The summed E-state index contributed by atoms with van der Waals surface area (Å²) in [5.41, 5.74) is 6.13. The lowest BCUT2D eigenvalue weighted by Gasteiger charge is -2.23. The van der Waals surface area contributed by atoms with Gasteiger partial charge in [-0.15, -0.1) is 11.3 Å². The summed E-state index contributed by atoms with van der Waals surface area (Å²) in [5, 5.41) is 9.50. The van der Waals surface area contributed by atoms with Crippen molar-refractivity contribution in [1.29, 1.82) is 5.41 Å². The predicted octanol–water partition coefficient (Wildman–Crippen LogP) is 2.60. The van der Waals surface area contributed by atoms with Crippen molar-refractivity contribution in [1.82, 2.24) is 4.98 Å². The van der Waals surface area contributed by atoms with Crippen molar-refractivity contribution in [3.05, 3.63) is 46.3 Å². The Kier molecular flexibility index (Phi) is 3.21. The minimum atomic E-state index is 0.0651. The molecule has 1 aliphatic rings. The lowest BCUT2D eigenvalue weighted by molar-refractivity contribution is 0.786. The van der Waals surface area contributed by atoms with Crippen LogP contribution in [0, 0.1) is 5.41 Å². The maximum Gasteiger partial charge on any atom is 0.129 e. The van der Waals surface area contributed by atoms with Crippen LogP contribution in [0.1, 0.15) is 23.3 Å². The Morgan fingerprint density at radius 2 is 2.26 bits per heavy atom. The van der Waals surface area contributed by atoms with E-state index in [2.05, 4.69) is 27.4 Å². The summed E-state index contributed by atoms with van der Waals surface area (Å²) < 4.78 is 0. The first kappa shape index (κ1) is 12.2. The first-order valence-corrected chi connectivity index (χ1v) is 7.21. The average molecular weight is 272 g/mol. The molecule has 3 rings (SSSR count). The molecule has 2 aromatic rings. The van der Waals surface area contributed by atoms with Crippen LogP contribution in [0.15, 0.2) is 35.8 Å². The van der Waals surface area contributed by atoms with E-state index in [0.29, 0.717) is 11.6 Å². The lowest BCUT2D eigenvalue weighted by atomic mass is 10.2. The molecule has 1 saturated carbocycles. The van der Waals surface area contributed by atoms with E-state index < -0.39 is 0 Å². The molecule has 0 spiro atoms. The second-order valence-corrected chi connectivity index (χ2v) is 5.79. The molecule has 19 heavy (non-hydrogen) atoms. The van der Waals surface area contributed by atoms with E-state index in [4.69, 9.17) is 11.1 Å². The SMILES string of the molecule is N=C(N)c1ccc(N(Cc2cccs2)C2CC2)nc1. The van der Waals surface area contributed by atoms with Gasteiger partial charge in [-0.25, -0.2) is 4.98 Å². The summed E-state index contributed by atoms with van der Waals surface area (Å²) >= 11 is 1.78. The van der Waals surface area contributed by atoms with Gasteiger partial charge in [0.2, 0.25) is 0 Å². The highest BCUT2D eigenvalue weighted by atomic mass is 32.1. The molecule has 2 heterocycles. The number of aromatic nitrogens is 1. The molecule has 1 fully saturated rings. The molecule has 0 amide bonds. The van der Waals surface area contributed by atoms with Crippen LogP contribution in [0.5, 0.6) is 0 Å². The number of hydrogen-bond acceptors (Lipinski definition) is 4. The minimum absolute atomic E-state index is 0.0651. The highest BCUT2D eigenvalue weighted by Crippen LogP contribution is 2.32. The summed E-state index contributed by atoms with van der Waals surface area (Å²) in [6, 6.07) is 8.68. The zero-order chi connectivity index (χ0) is 13.2. The van der Waals surface area contributed by atoms with Gasteiger partial charge in [0, 0.05) is 22.7 Å². The van der Waals surface area contributed by atoms with Crippen molar-refractivity contribution in [2.45, 2.75) is 25.4 Å². The molecule has 0 saturated heterocycles. The van der Waals surface area contributed by atoms with Gasteiger partial charge in [0.1, 0.15) is 11.7 Å². The van der Waals surface area contributed by atoms with Crippen molar-refractivity contribution in [2.75, 3.05) is 4.90 Å². The van der Waals surface area contributed by atoms with Crippen LogP contribution in [-0.4, -0.2) is 16.9 Å².